The van der Waals surface area contributed by atoms with Crippen LogP contribution in [0.3, 0.4) is 0 Å². The zero-order valence-corrected chi connectivity index (χ0v) is 10.0. The van der Waals surface area contributed by atoms with Crippen LogP contribution in [0.15, 0.2) is 34.7 Å². The minimum absolute atomic E-state index is 0.491. The Bertz CT molecular complexity index is 407. The second-order valence-corrected chi connectivity index (χ2v) is 4.83. The van der Waals surface area contributed by atoms with E-state index >= 15 is 0 Å². The van der Waals surface area contributed by atoms with Crippen LogP contribution in [0.2, 0.25) is 5.15 Å². The Morgan fingerprint density at radius 2 is 2.50 bits per heavy atom. The summed E-state index contributed by atoms with van der Waals surface area (Å²) in [5.74, 6) is 0.988. The van der Waals surface area contributed by atoms with Crippen molar-refractivity contribution >= 4 is 23.4 Å². The number of thioether (sulfide) groups is 1. The van der Waals surface area contributed by atoms with Crippen molar-refractivity contribution < 1.29 is 0 Å². The minimum Gasteiger partial charge on any atom is -0.360 e. The molecule has 0 saturated carbocycles. The smallest absolute Gasteiger partial charge is 0.129 e. The molecule has 1 aliphatic rings. The predicted molar refractivity (Wildman–Crippen MR) is 66.0 cm³/mol. The molecule has 1 aromatic heterocycles. The van der Waals surface area contributed by atoms with Gasteiger partial charge in [-0.2, -0.15) is 0 Å². The number of halogens is 1. The number of aromatic nitrogens is 1. The Kier molecular flexibility index (Phi) is 3.79. The molecular formula is C10H10ClN3OS. The fourth-order valence-electron chi connectivity index (χ4n) is 1.50. The minimum atomic E-state index is 0.491. The van der Waals surface area contributed by atoms with Crippen LogP contribution in [-0.4, -0.2) is 22.2 Å². The molecule has 1 aliphatic heterocycles. The number of pyridine rings is 1. The summed E-state index contributed by atoms with van der Waals surface area (Å²) < 4.78 is 0. The Morgan fingerprint density at radius 1 is 1.62 bits per heavy atom. The monoisotopic (exact) mass is 255 g/mol. The van der Waals surface area contributed by atoms with E-state index in [4.69, 9.17) is 11.6 Å². The molecule has 0 amide bonds. The topological polar surface area (TPSA) is 45.6 Å². The molecule has 84 valence electrons. The van der Waals surface area contributed by atoms with E-state index in [9.17, 15) is 4.91 Å². The normalized spacial score (nSPS) is 18.1. The summed E-state index contributed by atoms with van der Waals surface area (Å²) in [6, 6.07) is 3.70. The van der Waals surface area contributed by atoms with Crippen LogP contribution >= 0.6 is 23.4 Å². The molecule has 0 bridgehead atoms. The SMILES string of the molecule is O=N/C=C1\SCCN1Cc1ccc(Cl)nc1. The Balaban J connectivity index is 2.06. The fourth-order valence-corrected chi connectivity index (χ4v) is 2.59. The van der Waals surface area contributed by atoms with Crippen molar-refractivity contribution in [3.05, 3.63) is 45.2 Å². The van der Waals surface area contributed by atoms with Gasteiger partial charge in [-0.05, 0) is 16.8 Å². The zero-order chi connectivity index (χ0) is 11.4. The highest BCUT2D eigenvalue weighted by Gasteiger charge is 2.17. The van der Waals surface area contributed by atoms with Gasteiger partial charge in [0.2, 0.25) is 0 Å². The van der Waals surface area contributed by atoms with Gasteiger partial charge in [0, 0.05) is 25.0 Å². The summed E-state index contributed by atoms with van der Waals surface area (Å²) >= 11 is 7.35. The number of hydrogen-bond donors (Lipinski definition) is 0. The molecule has 2 rings (SSSR count). The average Bonchev–Trinajstić information content (AvgIpc) is 2.70. The third kappa shape index (κ3) is 2.74. The van der Waals surface area contributed by atoms with E-state index in [1.54, 1.807) is 24.0 Å². The Hall–Kier alpha value is -1.07. The van der Waals surface area contributed by atoms with Gasteiger partial charge in [0.1, 0.15) is 11.4 Å². The molecule has 0 aliphatic carbocycles. The van der Waals surface area contributed by atoms with Crippen LogP contribution in [0.25, 0.3) is 0 Å². The number of rotatable bonds is 3. The van der Waals surface area contributed by atoms with Crippen molar-refractivity contribution in [1.82, 2.24) is 9.88 Å². The van der Waals surface area contributed by atoms with E-state index in [1.165, 1.54) is 6.20 Å². The second-order valence-electron chi connectivity index (χ2n) is 3.33. The summed E-state index contributed by atoms with van der Waals surface area (Å²) in [6.07, 6.45) is 3.11. The molecule has 0 aromatic carbocycles. The molecule has 0 N–H and O–H groups in total. The average molecular weight is 256 g/mol. The first kappa shape index (κ1) is 11.4. The number of nitrogens with zero attached hydrogens (tertiary/aromatic N) is 3. The lowest BCUT2D eigenvalue weighted by Gasteiger charge is -2.17. The van der Waals surface area contributed by atoms with Crippen molar-refractivity contribution in [3.8, 4) is 0 Å². The van der Waals surface area contributed by atoms with E-state index in [2.05, 4.69) is 15.1 Å². The molecule has 0 radical (unpaired) electrons. The number of hydrogen-bond acceptors (Lipinski definition) is 5. The largest absolute Gasteiger partial charge is 0.360 e. The second kappa shape index (κ2) is 5.32. The molecule has 0 atom stereocenters. The van der Waals surface area contributed by atoms with E-state index in [-0.39, 0.29) is 0 Å². The predicted octanol–water partition coefficient (Wildman–Crippen LogP) is 2.85. The van der Waals surface area contributed by atoms with Gasteiger partial charge < -0.3 is 4.90 Å². The first-order chi connectivity index (χ1) is 7.79. The Morgan fingerprint density at radius 3 is 3.19 bits per heavy atom. The van der Waals surface area contributed by atoms with Crippen molar-refractivity contribution in [2.75, 3.05) is 12.3 Å². The van der Waals surface area contributed by atoms with Gasteiger partial charge >= 0.3 is 0 Å². The third-order valence-electron chi connectivity index (χ3n) is 2.25. The molecule has 2 heterocycles. The van der Waals surface area contributed by atoms with Crippen LogP contribution in [0, 0.1) is 4.91 Å². The lowest BCUT2D eigenvalue weighted by atomic mass is 10.3. The van der Waals surface area contributed by atoms with Gasteiger partial charge in [-0.1, -0.05) is 17.7 Å². The van der Waals surface area contributed by atoms with Crippen molar-refractivity contribution in [1.29, 1.82) is 0 Å². The van der Waals surface area contributed by atoms with Gasteiger partial charge in [-0.25, -0.2) is 4.98 Å². The fraction of sp³-hybridized carbons (Fsp3) is 0.300. The van der Waals surface area contributed by atoms with Gasteiger partial charge in [0.05, 0.1) is 5.03 Å². The van der Waals surface area contributed by atoms with Crippen molar-refractivity contribution in [2.45, 2.75) is 6.54 Å². The first-order valence-electron chi connectivity index (χ1n) is 4.80. The van der Waals surface area contributed by atoms with Crippen molar-refractivity contribution in [2.24, 2.45) is 5.18 Å². The summed E-state index contributed by atoms with van der Waals surface area (Å²) in [4.78, 5) is 16.3. The quantitative estimate of drug-likeness (QED) is 0.615. The van der Waals surface area contributed by atoms with Gasteiger partial charge in [0.15, 0.2) is 0 Å². The van der Waals surface area contributed by atoms with E-state index in [0.717, 1.165) is 29.4 Å². The molecule has 4 nitrogen and oxygen atoms in total. The first-order valence-corrected chi connectivity index (χ1v) is 6.17. The Labute approximate surface area is 103 Å². The summed E-state index contributed by atoms with van der Waals surface area (Å²) in [5.41, 5.74) is 1.07. The van der Waals surface area contributed by atoms with Crippen LogP contribution in [-0.2, 0) is 6.54 Å². The molecule has 0 spiro atoms. The molecule has 1 saturated heterocycles. The standard InChI is InChI=1S/C10H10ClN3OS/c11-9-2-1-8(5-12-9)7-14-3-4-16-10(14)6-13-15/h1-2,5-6H,3-4,7H2/b10-6-. The molecule has 1 fully saturated rings. The zero-order valence-electron chi connectivity index (χ0n) is 8.47. The van der Waals surface area contributed by atoms with Crippen LogP contribution in [0.4, 0.5) is 0 Å². The van der Waals surface area contributed by atoms with Crippen molar-refractivity contribution in [3.63, 3.8) is 0 Å². The molecule has 1 aromatic rings. The van der Waals surface area contributed by atoms with Gasteiger partial charge in [-0.15, -0.1) is 16.7 Å². The highest BCUT2D eigenvalue weighted by atomic mass is 35.5. The van der Waals surface area contributed by atoms with E-state index in [1.807, 2.05) is 6.07 Å². The lowest BCUT2D eigenvalue weighted by Crippen LogP contribution is -2.17. The maximum atomic E-state index is 10.2. The van der Waals surface area contributed by atoms with Gasteiger partial charge in [0.25, 0.3) is 0 Å². The van der Waals surface area contributed by atoms with Crippen LogP contribution in [0.5, 0.6) is 0 Å². The van der Waals surface area contributed by atoms with Gasteiger partial charge in [-0.3, -0.25) is 0 Å². The van der Waals surface area contributed by atoms with Crippen LogP contribution < -0.4 is 0 Å². The lowest BCUT2D eigenvalue weighted by molar-refractivity contribution is 0.394. The number of nitroso groups, excluding NO2 is 1. The molecule has 0 unspecified atom stereocenters. The molecule has 6 heteroatoms. The van der Waals surface area contributed by atoms with E-state index in [0.29, 0.717) is 5.15 Å². The molecular weight excluding hydrogens is 246 g/mol. The highest BCUT2D eigenvalue weighted by molar-refractivity contribution is 8.03. The molecule has 16 heavy (non-hydrogen) atoms. The summed E-state index contributed by atoms with van der Waals surface area (Å²) in [5, 5.41) is 4.22. The summed E-state index contributed by atoms with van der Waals surface area (Å²) in [7, 11) is 0. The maximum absolute atomic E-state index is 10.2. The third-order valence-corrected chi connectivity index (χ3v) is 3.52. The highest BCUT2D eigenvalue weighted by Crippen LogP contribution is 2.29. The van der Waals surface area contributed by atoms with E-state index < -0.39 is 0 Å². The maximum Gasteiger partial charge on any atom is 0.129 e. The van der Waals surface area contributed by atoms with Crippen LogP contribution in [0.1, 0.15) is 5.56 Å². The summed E-state index contributed by atoms with van der Waals surface area (Å²) in [6.45, 7) is 1.66.